The van der Waals surface area contributed by atoms with Crippen LogP contribution in [0.4, 0.5) is 14.5 Å². The lowest BCUT2D eigenvalue weighted by Gasteiger charge is -2.12. The fraction of sp³-hybridized carbons (Fsp3) is 0.200. The Morgan fingerprint density at radius 2 is 2.12 bits per heavy atom. The van der Waals surface area contributed by atoms with Crippen LogP contribution in [0.2, 0.25) is 0 Å². The van der Waals surface area contributed by atoms with Gasteiger partial charge in [-0.15, -0.1) is 0 Å². The summed E-state index contributed by atoms with van der Waals surface area (Å²) in [6.07, 6.45) is 1.33. The minimum Gasteiger partial charge on any atom is -0.618 e. The van der Waals surface area contributed by atoms with Crippen LogP contribution in [0.3, 0.4) is 0 Å². The van der Waals surface area contributed by atoms with Crippen LogP contribution in [0.25, 0.3) is 0 Å². The van der Waals surface area contributed by atoms with Crippen molar-refractivity contribution in [3.8, 4) is 11.5 Å². The third-order valence-electron chi connectivity index (χ3n) is 2.80. The number of carbonyl (C=O) groups is 1. The van der Waals surface area contributed by atoms with Crippen molar-refractivity contribution in [1.29, 1.82) is 0 Å². The van der Waals surface area contributed by atoms with Crippen molar-refractivity contribution < 1.29 is 27.8 Å². The zero-order valence-electron chi connectivity index (χ0n) is 12.6. The van der Waals surface area contributed by atoms with Crippen LogP contribution in [0.5, 0.6) is 11.5 Å². The molecular formula is C15H14F2N2O4S. The van der Waals surface area contributed by atoms with E-state index in [4.69, 9.17) is 4.74 Å². The Bertz CT molecular complexity index is 716. The van der Waals surface area contributed by atoms with Gasteiger partial charge in [0.25, 0.3) is 5.03 Å². The van der Waals surface area contributed by atoms with Crippen LogP contribution in [-0.2, 0) is 4.79 Å². The predicted octanol–water partition coefficient (Wildman–Crippen LogP) is 2.66. The Morgan fingerprint density at radius 1 is 1.33 bits per heavy atom. The quantitative estimate of drug-likeness (QED) is 0.469. The van der Waals surface area contributed by atoms with Gasteiger partial charge in [-0.25, -0.2) is 0 Å². The molecule has 2 rings (SSSR count). The molecule has 0 fully saturated rings. The molecular weight excluding hydrogens is 342 g/mol. The van der Waals surface area contributed by atoms with E-state index in [0.29, 0.717) is 9.76 Å². The number of carbonyl (C=O) groups excluding carboxylic acids is 1. The van der Waals surface area contributed by atoms with E-state index in [1.165, 1.54) is 31.5 Å². The maximum atomic E-state index is 12.4. The van der Waals surface area contributed by atoms with Gasteiger partial charge in [-0.1, -0.05) is 0 Å². The number of nitrogens with one attached hydrogen (secondary N) is 1. The van der Waals surface area contributed by atoms with Gasteiger partial charge in [0, 0.05) is 23.9 Å². The molecule has 1 heterocycles. The van der Waals surface area contributed by atoms with Gasteiger partial charge in [0.05, 0.1) is 12.9 Å². The average molecular weight is 356 g/mol. The molecule has 128 valence electrons. The monoisotopic (exact) mass is 356 g/mol. The van der Waals surface area contributed by atoms with Crippen molar-refractivity contribution >= 4 is 23.4 Å². The number of hydrogen-bond acceptors (Lipinski definition) is 5. The maximum Gasteiger partial charge on any atom is 0.387 e. The molecule has 0 aliphatic carbocycles. The molecule has 1 aromatic heterocycles. The Balaban J connectivity index is 1.99. The van der Waals surface area contributed by atoms with Crippen LogP contribution in [0, 0.1) is 5.21 Å². The summed E-state index contributed by atoms with van der Waals surface area (Å²) in [4.78, 5) is 11.9. The average Bonchev–Trinajstić information content (AvgIpc) is 2.54. The summed E-state index contributed by atoms with van der Waals surface area (Å²) in [5.74, 6) is -0.460. The van der Waals surface area contributed by atoms with Crippen molar-refractivity contribution in [2.45, 2.75) is 11.6 Å². The highest BCUT2D eigenvalue weighted by Gasteiger charge is 2.13. The number of amides is 1. The first-order valence-electron chi connectivity index (χ1n) is 6.73. The Labute approximate surface area is 141 Å². The third-order valence-corrected chi connectivity index (χ3v) is 3.82. The zero-order valence-corrected chi connectivity index (χ0v) is 13.4. The van der Waals surface area contributed by atoms with Crippen molar-refractivity contribution in [2.75, 3.05) is 18.2 Å². The lowest BCUT2D eigenvalue weighted by molar-refractivity contribution is -0.645. The number of alkyl halides is 2. The first kappa shape index (κ1) is 17.8. The number of halogens is 2. The second-order valence-corrected chi connectivity index (χ2v) is 5.44. The Morgan fingerprint density at radius 3 is 2.79 bits per heavy atom. The van der Waals surface area contributed by atoms with Crippen molar-refractivity contribution in [2.24, 2.45) is 0 Å². The molecule has 2 aromatic rings. The number of aromatic nitrogens is 1. The first-order valence-corrected chi connectivity index (χ1v) is 7.72. The molecule has 24 heavy (non-hydrogen) atoms. The van der Waals surface area contributed by atoms with Gasteiger partial charge in [0.1, 0.15) is 0 Å². The number of hydrogen-bond donors (Lipinski definition) is 1. The molecule has 0 atom stereocenters. The van der Waals surface area contributed by atoms with E-state index in [9.17, 15) is 18.8 Å². The van der Waals surface area contributed by atoms with Crippen molar-refractivity contribution in [3.63, 3.8) is 0 Å². The van der Waals surface area contributed by atoms with Gasteiger partial charge in [-0.2, -0.15) is 13.5 Å². The second kappa shape index (κ2) is 8.34. The summed E-state index contributed by atoms with van der Waals surface area (Å²) in [5.41, 5.74) is 0.278. The standard InChI is InChI=1S/C15H14F2N2O4S/c1-22-11-6-5-10(8-12(11)23-15(16)17)18-13(20)9-24-14-4-2-3-7-19(14)21/h2-8,15H,9H2,1H3,(H,18,20). The molecule has 0 unspecified atom stereocenters. The molecule has 1 amide bonds. The summed E-state index contributed by atoms with van der Waals surface area (Å²) in [7, 11) is 1.32. The lowest BCUT2D eigenvalue weighted by atomic mass is 10.2. The van der Waals surface area contributed by atoms with Gasteiger partial charge in [-0.3, -0.25) is 4.79 Å². The highest BCUT2D eigenvalue weighted by Crippen LogP contribution is 2.31. The van der Waals surface area contributed by atoms with Gasteiger partial charge >= 0.3 is 6.61 Å². The van der Waals surface area contributed by atoms with E-state index >= 15 is 0 Å². The zero-order chi connectivity index (χ0) is 17.5. The highest BCUT2D eigenvalue weighted by molar-refractivity contribution is 7.99. The van der Waals surface area contributed by atoms with E-state index in [1.807, 2.05) is 0 Å². The summed E-state index contributed by atoms with van der Waals surface area (Å²) < 4.78 is 34.7. The number of benzene rings is 1. The molecule has 0 radical (unpaired) electrons. The predicted molar refractivity (Wildman–Crippen MR) is 84.4 cm³/mol. The summed E-state index contributed by atoms with van der Waals surface area (Å²) in [6.45, 7) is -3.01. The largest absolute Gasteiger partial charge is 0.618 e. The summed E-state index contributed by atoms with van der Waals surface area (Å²) in [5, 5.41) is 14.4. The lowest BCUT2D eigenvalue weighted by Crippen LogP contribution is -2.28. The molecule has 9 heteroatoms. The number of pyridine rings is 1. The molecule has 0 aliphatic rings. The summed E-state index contributed by atoms with van der Waals surface area (Å²) in [6, 6.07) is 9.00. The highest BCUT2D eigenvalue weighted by atomic mass is 32.2. The molecule has 0 saturated heterocycles. The molecule has 0 aliphatic heterocycles. The smallest absolute Gasteiger partial charge is 0.387 e. The van der Waals surface area contributed by atoms with E-state index < -0.39 is 12.5 Å². The van der Waals surface area contributed by atoms with Gasteiger partial charge < -0.3 is 20.0 Å². The number of methoxy groups -OCH3 is 1. The van der Waals surface area contributed by atoms with E-state index in [2.05, 4.69) is 10.1 Å². The topological polar surface area (TPSA) is 74.5 Å². The minimum atomic E-state index is -3.01. The van der Waals surface area contributed by atoms with Crippen LogP contribution < -0.4 is 19.5 Å². The SMILES string of the molecule is COc1ccc(NC(=O)CSc2cccc[n+]2[O-])cc1OC(F)F. The summed E-state index contributed by atoms with van der Waals surface area (Å²) >= 11 is 1.06. The number of anilines is 1. The Kier molecular flexibility index (Phi) is 6.19. The minimum absolute atomic E-state index is 0.0106. The van der Waals surface area contributed by atoms with Gasteiger partial charge in [-0.05, 0) is 30.0 Å². The van der Waals surface area contributed by atoms with Crippen molar-refractivity contribution in [1.82, 2.24) is 0 Å². The van der Waals surface area contributed by atoms with E-state index in [-0.39, 0.29) is 22.9 Å². The third kappa shape index (κ3) is 4.98. The second-order valence-electron chi connectivity index (χ2n) is 4.45. The fourth-order valence-electron chi connectivity index (χ4n) is 1.80. The normalized spacial score (nSPS) is 10.5. The van der Waals surface area contributed by atoms with Crippen molar-refractivity contribution in [3.05, 3.63) is 47.8 Å². The molecule has 0 bridgehead atoms. The molecule has 1 aromatic carbocycles. The van der Waals surface area contributed by atoms with E-state index in [0.717, 1.165) is 11.8 Å². The molecule has 0 saturated carbocycles. The van der Waals surface area contributed by atoms with Gasteiger partial charge in [0.15, 0.2) is 17.7 Å². The number of ether oxygens (including phenoxy) is 2. The van der Waals surface area contributed by atoms with Crippen LogP contribution >= 0.6 is 11.8 Å². The number of rotatable bonds is 7. The van der Waals surface area contributed by atoms with E-state index in [1.54, 1.807) is 18.2 Å². The van der Waals surface area contributed by atoms with Crippen LogP contribution in [0.15, 0.2) is 47.6 Å². The molecule has 0 spiro atoms. The van der Waals surface area contributed by atoms with Gasteiger partial charge in [0.2, 0.25) is 5.91 Å². The fourth-order valence-corrected chi connectivity index (χ4v) is 2.52. The molecule has 6 nitrogen and oxygen atoms in total. The Hall–Kier alpha value is -2.55. The molecule has 1 N–H and O–H groups in total. The first-order chi connectivity index (χ1) is 11.5. The number of nitrogens with zero attached hydrogens (tertiary/aromatic N) is 1. The number of thioether (sulfide) groups is 1. The van der Waals surface area contributed by atoms with Crippen LogP contribution in [0.1, 0.15) is 0 Å². The van der Waals surface area contributed by atoms with Crippen LogP contribution in [-0.4, -0.2) is 25.4 Å². The maximum absolute atomic E-state index is 12.4.